The van der Waals surface area contributed by atoms with E-state index in [0.29, 0.717) is 18.7 Å². The Hall–Kier alpha value is -2.00. The summed E-state index contributed by atoms with van der Waals surface area (Å²) in [6.45, 7) is 5.25. The fourth-order valence-electron chi connectivity index (χ4n) is 3.14. The Balaban J connectivity index is 2.06. The number of nitrogens with zero attached hydrogens (tertiary/aromatic N) is 1. The number of benzene rings is 1. The number of halogens is 1. The summed E-state index contributed by atoms with van der Waals surface area (Å²) >= 11 is 6.21. The zero-order valence-electron chi connectivity index (χ0n) is 16.9. The second-order valence-corrected chi connectivity index (χ2v) is 9.60. The second kappa shape index (κ2) is 9.67. The van der Waals surface area contributed by atoms with Crippen molar-refractivity contribution in [1.29, 1.82) is 0 Å². The Morgan fingerprint density at radius 2 is 2.00 bits per heavy atom. The fraction of sp³-hybridized carbons (Fsp3) is 0.579. The molecule has 1 heterocycles. The molecule has 0 saturated carbocycles. The van der Waals surface area contributed by atoms with E-state index in [1.807, 2.05) is 13.8 Å². The summed E-state index contributed by atoms with van der Waals surface area (Å²) in [7, 11) is -1.70. The van der Waals surface area contributed by atoms with E-state index in [1.54, 1.807) is 6.92 Å². The molecule has 0 radical (unpaired) electrons. The molecule has 0 N–H and O–H groups in total. The van der Waals surface area contributed by atoms with E-state index in [0.717, 1.165) is 0 Å². The molecule has 1 aliphatic heterocycles. The van der Waals surface area contributed by atoms with E-state index in [1.165, 1.54) is 24.1 Å². The SMILES string of the molecule is CCN(C(=O)COC(=O)c1cc(Cl)c(OC(C)C)c(OC)c1)C1CCS(=O)(=O)C1. The first-order valence-corrected chi connectivity index (χ1v) is 11.5. The quantitative estimate of drug-likeness (QED) is 0.564. The predicted octanol–water partition coefficient (Wildman–Crippen LogP) is 2.33. The molecule has 10 heteroatoms. The van der Waals surface area contributed by atoms with Gasteiger partial charge in [0.15, 0.2) is 27.9 Å². The van der Waals surface area contributed by atoms with Crippen molar-refractivity contribution in [3.63, 3.8) is 0 Å². The third-order valence-corrected chi connectivity index (χ3v) is 6.49. The van der Waals surface area contributed by atoms with Crippen LogP contribution in [0.1, 0.15) is 37.6 Å². The third kappa shape index (κ3) is 5.99. The smallest absolute Gasteiger partial charge is 0.338 e. The molecule has 1 saturated heterocycles. The van der Waals surface area contributed by atoms with Gasteiger partial charge in [0.05, 0.1) is 35.3 Å². The molecule has 0 aliphatic carbocycles. The van der Waals surface area contributed by atoms with E-state index >= 15 is 0 Å². The molecule has 0 bridgehead atoms. The molecule has 8 nitrogen and oxygen atoms in total. The number of carbonyl (C=O) groups excluding carboxylic acids is 2. The van der Waals surface area contributed by atoms with Crippen LogP contribution in [0.4, 0.5) is 0 Å². The molecule has 0 spiro atoms. The van der Waals surface area contributed by atoms with Crippen LogP contribution in [-0.4, -0.2) is 69.1 Å². The Kier molecular flexibility index (Phi) is 7.76. The molecular formula is C19H26ClNO7S. The van der Waals surface area contributed by atoms with Crippen LogP contribution in [0.5, 0.6) is 11.5 Å². The topological polar surface area (TPSA) is 99.2 Å². The Morgan fingerprint density at radius 3 is 2.52 bits per heavy atom. The van der Waals surface area contributed by atoms with Crippen molar-refractivity contribution in [3.05, 3.63) is 22.7 Å². The summed E-state index contributed by atoms with van der Waals surface area (Å²) in [5.74, 6) is -0.604. The monoisotopic (exact) mass is 447 g/mol. The lowest BCUT2D eigenvalue weighted by atomic mass is 10.2. The minimum atomic E-state index is -3.13. The van der Waals surface area contributed by atoms with Crippen LogP contribution in [0.15, 0.2) is 12.1 Å². The first-order valence-electron chi connectivity index (χ1n) is 9.29. The van der Waals surface area contributed by atoms with Crippen molar-refractivity contribution < 1.29 is 32.2 Å². The summed E-state index contributed by atoms with van der Waals surface area (Å²) in [6, 6.07) is 2.42. The second-order valence-electron chi connectivity index (χ2n) is 6.97. The maximum absolute atomic E-state index is 12.5. The summed E-state index contributed by atoms with van der Waals surface area (Å²) in [4.78, 5) is 26.3. The number of esters is 1. The number of sulfone groups is 1. The molecule has 1 fully saturated rings. The van der Waals surface area contributed by atoms with E-state index in [-0.39, 0.29) is 33.9 Å². The van der Waals surface area contributed by atoms with Gasteiger partial charge in [0.2, 0.25) is 0 Å². The van der Waals surface area contributed by atoms with E-state index < -0.39 is 34.4 Å². The van der Waals surface area contributed by atoms with Crippen LogP contribution < -0.4 is 9.47 Å². The molecule has 1 aliphatic rings. The molecule has 1 amide bonds. The number of methoxy groups -OCH3 is 1. The van der Waals surface area contributed by atoms with Gasteiger partial charge in [0.25, 0.3) is 5.91 Å². The highest BCUT2D eigenvalue weighted by Gasteiger charge is 2.34. The van der Waals surface area contributed by atoms with Crippen LogP contribution in [-0.2, 0) is 19.4 Å². The average molecular weight is 448 g/mol. The summed E-state index contributed by atoms with van der Waals surface area (Å²) in [5, 5.41) is 0.183. The van der Waals surface area contributed by atoms with E-state index in [9.17, 15) is 18.0 Å². The molecule has 1 aromatic rings. The third-order valence-electron chi connectivity index (χ3n) is 4.46. The largest absolute Gasteiger partial charge is 0.493 e. The van der Waals surface area contributed by atoms with Crippen LogP contribution in [0.3, 0.4) is 0 Å². The van der Waals surface area contributed by atoms with Gasteiger partial charge in [-0.1, -0.05) is 11.6 Å². The summed E-state index contributed by atoms with van der Waals surface area (Å²) < 4.78 is 39.3. The molecule has 2 rings (SSSR count). The van der Waals surface area contributed by atoms with Gasteiger partial charge < -0.3 is 19.1 Å². The van der Waals surface area contributed by atoms with Crippen molar-refractivity contribution in [2.24, 2.45) is 0 Å². The number of hydrogen-bond acceptors (Lipinski definition) is 7. The maximum atomic E-state index is 12.5. The minimum absolute atomic E-state index is 0.0598. The number of rotatable bonds is 8. The number of likely N-dealkylation sites (N-methyl/N-ethyl adjacent to an activating group) is 1. The van der Waals surface area contributed by atoms with Crippen molar-refractivity contribution in [2.45, 2.75) is 39.3 Å². The number of carbonyl (C=O) groups is 2. The van der Waals surface area contributed by atoms with Gasteiger partial charge in [0, 0.05) is 12.6 Å². The predicted molar refractivity (Wildman–Crippen MR) is 108 cm³/mol. The van der Waals surface area contributed by atoms with Gasteiger partial charge >= 0.3 is 5.97 Å². The summed E-state index contributed by atoms with van der Waals surface area (Å²) in [5.41, 5.74) is 0.113. The van der Waals surface area contributed by atoms with Crippen LogP contribution in [0, 0.1) is 0 Å². The van der Waals surface area contributed by atoms with Gasteiger partial charge in [-0.05, 0) is 39.3 Å². The molecule has 0 aromatic heterocycles. The Labute approximate surface area is 176 Å². The first kappa shape index (κ1) is 23.3. The number of amides is 1. The Morgan fingerprint density at radius 1 is 1.31 bits per heavy atom. The lowest BCUT2D eigenvalue weighted by Gasteiger charge is -2.26. The number of ether oxygens (including phenoxy) is 3. The van der Waals surface area contributed by atoms with Gasteiger partial charge in [0.1, 0.15) is 0 Å². The molecule has 1 unspecified atom stereocenters. The molecule has 1 aromatic carbocycles. The zero-order valence-corrected chi connectivity index (χ0v) is 18.5. The first-order chi connectivity index (χ1) is 13.6. The Bertz CT molecular complexity index is 870. The van der Waals surface area contributed by atoms with Crippen molar-refractivity contribution >= 4 is 33.3 Å². The van der Waals surface area contributed by atoms with Crippen LogP contribution in [0.2, 0.25) is 5.02 Å². The molecule has 162 valence electrons. The van der Waals surface area contributed by atoms with Crippen molar-refractivity contribution in [3.8, 4) is 11.5 Å². The number of hydrogen-bond donors (Lipinski definition) is 0. The van der Waals surface area contributed by atoms with Crippen LogP contribution >= 0.6 is 11.6 Å². The highest BCUT2D eigenvalue weighted by Crippen LogP contribution is 2.37. The lowest BCUT2D eigenvalue weighted by Crippen LogP contribution is -2.43. The normalized spacial score (nSPS) is 17.8. The zero-order chi connectivity index (χ0) is 21.8. The maximum Gasteiger partial charge on any atom is 0.338 e. The van der Waals surface area contributed by atoms with Gasteiger partial charge in [-0.25, -0.2) is 13.2 Å². The van der Waals surface area contributed by atoms with Gasteiger partial charge in [-0.3, -0.25) is 4.79 Å². The average Bonchev–Trinajstić information content (AvgIpc) is 3.00. The summed E-state index contributed by atoms with van der Waals surface area (Å²) in [6.07, 6.45) is 0.247. The fourth-order valence-corrected chi connectivity index (χ4v) is 5.13. The van der Waals surface area contributed by atoms with E-state index in [2.05, 4.69) is 0 Å². The van der Waals surface area contributed by atoms with Crippen molar-refractivity contribution in [2.75, 3.05) is 31.8 Å². The van der Waals surface area contributed by atoms with Gasteiger partial charge in [-0.2, -0.15) is 0 Å². The van der Waals surface area contributed by atoms with Crippen LogP contribution in [0.25, 0.3) is 0 Å². The lowest BCUT2D eigenvalue weighted by molar-refractivity contribution is -0.136. The molecule has 29 heavy (non-hydrogen) atoms. The standard InChI is InChI=1S/C19H26ClNO7S/c1-5-21(14-6-7-29(24,25)11-14)17(22)10-27-19(23)13-8-15(20)18(28-12(2)3)16(9-13)26-4/h8-9,12,14H,5-7,10-11H2,1-4H3. The van der Waals surface area contributed by atoms with Gasteiger partial charge in [-0.15, -0.1) is 0 Å². The highest BCUT2D eigenvalue weighted by molar-refractivity contribution is 7.91. The van der Waals surface area contributed by atoms with E-state index in [4.69, 9.17) is 25.8 Å². The van der Waals surface area contributed by atoms with Crippen molar-refractivity contribution in [1.82, 2.24) is 4.90 Å². The molecule has 1 atom stereocenters. The highest BCUT2D eigenvalue weighted by atomic mass is 35.5. The minimum Gasteiger partial charge on any atom is -0.493 e. The molecular weight excluding hydrogens is 422 g/mol.